The van der Waals surface area contributed by atoms with Gasteiger partial charge in [0, 0.05) is 18.8 Å². The van der Waals surface area contributed by atoms with E-state index in [2.05, 4.69) is 9.97 Å². The third kappa shape index (κ3) is 2.52. The second-order valence-corrected chi connectivity index (χ2v) is 3.88. The van der Waals surface area contributed by atoms with E-state index < -0.39 is 0 Å². The molecule has 1 aromatic heterocycles. The summed E-state index contributed by atoms with van der Waals surface area (Å²) in [5, 5.41) is 0. The van der Waals surface area contributed by atoms with E-state index in [0.717, 1.165) is 11.4 Å². The molecule has 100 valence electrons. The number of nitrogens with zero attached hydrogens (tertiary/aromatic N) is 3. The van der Waals surface area contributed by atoms with Gasteiger partial charge in [-0.15, -0.1) is 0 Å². The highest BCUT2D eigenvalue weighted by molar-refractivity contribution is 5.74. The summed E-state index contributed by atoms with van der Waals surface area (Å²) in [6.07, 6.45) is 1.42. The van der Waals surface area contributed by atoms with Crippen molar-refractivity contribution in [1.29, 1.82) is 0 Å². The van der Waals surface area contributed by atoms with Crippen LogP contribution in [0.2, 0.25) is 0 Å². The Hall–Kier alpha value is -2.50. The number of hydrogen-bond acceptors (Lipinski definition) is 6. The highest BCUT2D eigenvalue weighted by Crippen LogP contribution is 2.32. The van der Waals surface area contributed by atoms with Gasteiger partial charge >= 0.3 is 0 Å². The summed E-state index contributed by atoms with van der Waals surface area (Å²) in [4.78, 5) is 9.99. The van der Waals surface area contributed by atoms with Crippen molar-refractivity contribution in [1.82, 2.24) is 9.97 Å². The Kier molecular flexibility index (Phi) is 3.70. The van der Waals surface area contributed by atoms with Crippen LogP contribution in [0.1, 0.15) is 0 Å². The van der Waals surface area contributed by atoms with Crippen molar-refractivity contribution < 1.29 is 9.47 Å². The molecular weight excluding hydrogens is 244 g/mol. The molecule has 0 unspecified atom stereocenters. The smallest absolute Gasteiger partial charge is 0.242 e. The van der Waals surface area contributed by atoms with Crippen molar-refractivity contribution in [2.45, 2.75) is 0 Å². The molecular formula is C13H16N4O2. The summed E-state index contributed by atoms with van der Waals surface area (Å²) in [7, 11) is 5.02. The Morgan fingerprint density at radius 3 is 2.63 bits per heavy atom. The molecule has 2 rings (SSSR count). The van der Waals surface area contributed by atoms with Crippen LogP contribution in [-0.4, -0.2) is 31.2 Å². The lowest BCUT2D eigenvalue weighted by Crippen LogP contribution is -2.14. The van der Waals surface area contributed by atoms with Crippen molar-refractivity contribution in [3.8, 4) is 11.6 Å². The van der Waals surface area contributed by atoms with Gasteiger partial charge in [-0.1, -0.05) is 6.07 Å². The first-order chi connectivity index (χ1) is 9.17. The van der Waals surface area contributed by atoms with E-state index >= 15 is 0 Å². The van der Waals surface area contributed by atoms with Gasteiger partial charge in [0.1, 0.15) is 17.8 Å². The molecule has 0 radical (unpaired) electrons. The van der Waals surface area contributed by atoms with Crippen LogP contribution in [0, 0.1) is 0 Å². The fraction of sp³-hybridized carbons (Fsp3) is 0.231. The number of nitrogen functional groups attached to an aromatic ring is 1. The molecule has 2 aromatic rings. The maximum Gasteiger partial charge on any atom is 0.242 e. The molecule has 0 spiro atoms. The fourth-order valence-corrected chi connectivity index (χ4v) is 1.74. The summed E-state index contributed by atoms with van der Waals surface area (Å²) < 4.78 is 10.3. The summed E-state index contributed by atoms with van der Waals surface area (Å²) in [5.74, 6) is 1.71. The monoisotopic (exact) mass is 260 g/mol. The van der Waals surface area contributed by atoms with E-state index in [1.807, 2.05) is 36.2 Å². The number of benzene rings is 1. The van der Waals surface area contributed by atoms with Gasteiger partial charge < -0.3 is 20.1 Å². The molecule has 0 atom stereocenters. The Balaban J connectivity index is 2.40. The van der Waals surface area contributed by atoms with Crippen molar-refractivity contribution in [2.24, 2.45) is 0 Å². The minimum absolute atomic E-state index is 0.361. The van der Waals surface area contributed by atoms with Crippen molar-refractivity contribution in [3.63, 3.8) is 0 Å². The topological polar surface area (TPSA) is 73.5 Å². The third-order valence-electron chi connectivity index (χ3n) is 2.78. The molecule has 1 heterocycles. The van der Waals surface area contributed by atoms with Gasteiger partial charge in [0.25, 0.3) is 0 Å². The van der Waals surface area contributed by atoms with E-state index in [1.54, 1.807) is 7.11 Å². The number of hydrogen-bond donors (Lipinski definition) is 1. The van der Waals surface area contributed by atoms with Crippen LogP contribution in [-0.2, 0) is 0 Å². The predicted octanol–water partition coefficient (Wildman–Crippen LogP) is 1.84. The zero-order valence-corrected chi connectivity index (χ0v) is 11.1. The maximum atomic E-state index is 5.98. The van der Waals surface area contributed by atoms with E-state index in [9.17, 15) is 0 Å². The first kappa shape index (κ1) is 12.9. The van der Waals surface area contributed by atoms with E-state index in [1.165, 1.54) is 13.4 Å². The zero-order valence-electron chi connectivity index (χ0n) is 11.1. The molecule has 19 heavy (non-hydrogen) atoms. The second-order valence-electron chi connectivity index (χ2n) is 3.88. The van der Waals surface area contributed by atoms with Crippen LogP contribution < -0.4 is 20.1 Å². The Morgan fingerprint density at radius 2 is 1.95 bits per heavy atom. The van der Waals surface area contributed by atoms with E-state index in [4.69, 9.17) is 15.2 Å². The van der Waals surface area contributed by atoms with Crippen LogP contribution in [0.25, 0.3) is 0 Å². The van der Waals surface area contributed by atoms with Crippen molar-refractivity contribution >= 4 is 17.2 Å². The number of anilines is 3. The normalized spacial score (nSPS) is 10.1. The molecule has 0 aliphatic rings. The third-order valence-corrected chi connectivity index (χ3v) is 2.78. The van der Waals surface area contributed by atoms with Crippen molar-refractivity contribution in [3.05, 3.63) is 30.6 Å². The largest absolute Gasteiger partial charge is 0.497 e. The molecule has 6 nitrogen and oxygen atoms in total. The van der Waals surface area contributed by atoms with Crippen LogP contribution >= 0.6 is 0 Å². The number of ether oxygens (including phenoxy) is 2. The lowest BCUT2D eigenvalue weighted by Gasteiger charge is -2.20. The van der Waals surface area contributed by atoms with Gasteiger partial charge in [-0.05, 0) is 12.1 Å². The summed E-state index contributed by atoms with van der Waals surface area (Å²) >= 11 is 0. The number of nitrogens with two attached hydrogens (primary N) is 1. The fourth-order valence-electron chi connectivity index (χ4n) is 1.74. The predicted molar refractivity (Wildman–Crippen MR) is 74.1 cm³/mol. The van der Waals surface area contributed by atoms with Crippen molar-refractivity contribution in [2.75, 3.05) is 31.9 Å². The Labute approximate surface area is 111 Å². The molecule has 6 heteroatoms. The second kappa shape index (κ2) is 5.43. The first-order valence-corrected chi connectivity index (χ1v) is 5.69. The number of aromatic nitrogens is 2. The van der Waals surface area contributed by atoms with Crippen LogP contribution in [0.3, 0.4) is 0 Å². The highest BCUT2D eigenvalue weighted by atomic mass is 16.5. The summed E-state index contributed by atoms with van der Waals surface area (Å²) in [5.41, 5.74) is 7.29. The minimum atomic E-state index is 0.361. The maximum absolute atomic E-state index is 5.98. The standard InChI is InChI=1S/C13H16N4O2/c1-17(9-5-4-6-10(7-9)18-2)12-11(14)13(19-3)16-8-15-12/h4-8H,14H2,1-3H3. The zero-order chi connectivity index (χ0) is 13.8. The van der Waals surface area contributed by atoms with Gasteiger partial charge in [-0.2, -0.15) is 4.98 Å². The van der Waals surface area contributed by atoms with E-state index in [0.29, 0.717) is 17.4 Å². The SMILES string of the molecule is COc1cccc(N(C)c2ncnc(OC)c2N)c1. The van der Waals surface area contributed by atoms with Gasteiger partial charge in [0.2, 0.25) is 5.88 Å². The number of methoxy groups -OCH3 is 2. The molecule has 0 aliphatic heterocycles. The quantitative estimate of drug-likeness (QED) is 0.904. The molecule has 2 N–H and O–H groups in total. The average molecular weight is 260 g/mol. The molecule has 0 fully saturated rings. The highest BCUT2D eigenvalue weighted by Gasteiger charge is 2.14. The van der Waals surface area contributed by atoms with Gasteiger partial charge in [0.15, 0.2) is 5.82 Å². The van der Waals surface area contributed by atoms with E-state index in [-0.39, 0.29) is 0 Å². The lowest BCUT2D eigenvalue weighted by atomic mass is 10.2. The van der Waals surface area contributed by atoms with Crippen LogP contribution in [0.5, 0.6) is 11.6 Å². The lowest BCUT2D eigenvalue weighted by molar-refractivity contribution is 0.399. The molecule has 1 aromatic carbocycles. The van der Waals surface area contributed by atoms with Crippen LogP contribution in [0.15, 0.2) is 30.6 Å². The summed E-state index contributed by atoms with van der Waals surface area (Å²) in [6.45, 7) is 0. The molecule has 0 amide bonds. The molecule has 0 bridgehead atoms. The Morgan fingerprint density at radius 1 is 1.16 bits per heavy atom. The molecule has 0 saturated heterocycles. The number of rotatable bonds is 4. The minimum Gasteiger partial charge on any atom is -0.497 e. The average Bonchev–Trinajstić information content (AvgIpc) is 2.47. The molecule has 0 aliphatic carbocycles. The van der Waals surface area contributed by atoms with Gasteiger partial charge in [-0.25, -0.2) is 4.98 Å². The van der Waals surface area contributed by atoms with Crippen LogP contribution in [0.4, 0.5) is 17.2 Å². The summed E-state index contributed by atoms with van der Waals surface area (Å²) in [6, 6.07) is 7.62. The van der Waals surface area contributed by atoms with Gasteiger partial charge in [-0.3, -0.25) is 0 Å². The first-order valence-electron chi connectivity index (χ1n) is 5.69. The van der Waals surface area contributed by atoms with Gasteiger partial charge in [0.05, 0.1) is 14.2 Å². The Bertz CT molecular complexity index is 574. The molecule has 0 saturated carbocycles.